The third-order valence-electron chi connectivity index (χ3n) is 7.88. The molecule has 0 aromatic heterocycles. The number of hydrogen-bond donors (Lipinski definition) is 1. The van der Waals surface area contributed by atoms with Gasteiger partial charge in [0.15, 0.2) is 5.78 Å². The number of carbonyl (C=O) groups excluding carboxylic acids is 3. The molecule has 1 N–H and O–H groups in total. The van der Waals surface area contributed by atoms with E-state index >= 15 is 0 Å². The summed E-state index contributed by atoms with van der Waals surface area (Å²) in [5.41, 5.74) is 1.77. The number of rotatable bonds is 10. The van der Waals surface area contributed by atoms with E-state index in [1.165, 1.54) is 5.56 Å². The largest absolute Gasteiger partial charge is 0.383 e. The molecule has 0 bridgehead atoms. The van der Waals surface area contributed by atoms with Gasteiger partial charge in [-0.25, -0.2) is 0 Å². The Labute approximate surface area is 219 Å². The van der Waals surface area contributed by atoms with Crippen molar-refractivity contribution in [2.24, 2.45) is 5.92 Å². The lowest BCUT2D eigenvalue weighted by Gasteiger charge is -2.32. The minimum atomic E-state index is -0.728. The molecule has 0 aliphatic carbocycles. The van der Waals surface area contributed by atoms with Gasteiger partial charge in [-0.2, -0.15) is 0 Å². The predicted octanol–water partition coefficient (Wildman–Crippen LogP) is 1.85. The molecule has 3 aliphatic heterocycles. The summed E-state index contributed by atoms with van der Waals surface area (Å²) in [5, 5.41) is 2.95. The average molecular weight is 516 g/mol. The number of nitrogens with one attached hydrogen (secondary N) is 1. The topological polar surface area (TPSA) is 97.4 Å². The maximum absolute atomic E-state index is 13.6. The maximum atomic E-state index is 13.6. The number of hydrogen-bond acceptors (Lipinski definition) is 7. The van der Waals surface area contributed by atoms with E-state index in [9.17, 15) is 14.4 Å². The lowest BCUT2D eigenvalue weighted by Crippen LogP contribution is -2.52. The van der Waals surface area contributed by atoms with Crippen LogP contribution in [0, 0.1) is 5.92 Å². The molecule has 204 valence electrons. The highest BCUT2D eigenvalue weighted by molar-refractivity contribution is 5.99. The Morgan fingerprint density at radius 1 is 1.14 bits per heavy atom. The van der Waals surface area contributed by atoms with Crippen LogP contribution in [-0.2, 0) is 23.8 Å². The number of fused-ring (bicyclic) bond motifs is 1. The number of Topliss-reactive ketones (excluding diaryl/α,β-unsaturated/α-hetero) is 1. The fraction of sp³-hybridized carbons (Fsp3) is 0.679. The van der Waals surface area contributed by atoms with Gasteiger partial charge in [0, 0.05) is 26.3 Å². The van der Waals surface area contributed by atoms with E-state index < -0.39 is 18.2 Å². The summed E-state index contributed by atoms with van der Waals surface area (Å²) in [6, 6.07) is 6.39. The predicted molar refractivity (Wildman–Crippen MR) is 138 cm³/mol. The quantitative estimate of drug-likeness (QED) is 0.508. The molecule has 0 radical (unpaired) electrons. The van der Waals surface area contributed by atoms with Crippen LogP contribution in [0.25, 0.3) is 0 Å². The van der Waals surface area contributed by atoms with Crippen LogP contribution in [0.4, 0.5) is 0 Å². The van der Waals surface area contributed by atoms with E-state index in [0.717, 1.165) is 39.1 Å². The molecule has 3 heterocycles. The number of likely N-dealkylation sites (tertiary alicyclic amines) is 2. The molecule has 1 unspecified atom stereocenters. The van der Waals surface area contributed by atoms with Gasteiger partial charge >= 0.3 is 0 Å². The highest BCUT2D eigenvalue weighted by Crippen LogP contribution is 2.31. The number of ketones is 1. The zero-order valence-corrected chi connectivity index (χ0v) is 22.5. The van der Waals surface area contributed by atoms with Crippen molar-refractivity contribution >= 4 is 17.6 Å². The first-order chi connectivity index (χ1) is 17.8. The van der Waals surface area contributed by atoms with E-state index in [-0.39, 0.29) is 42.8 Å². The Morgan fingerprint density at radius 3 is 2.46 bits per heavy atom. The minimum absolute atomic E-state index is 0.0152. The Kier molecular flexibility index (Phi) is 9.34. The summed E-state index contributed by atoms with van der Waals surface area (Å²) in [7, 11) is 3.29. The molecule has 0 spiro atoms. The Balaban J connectivity index is 1.39. The number of methoxy groups -OCH3 is 2. The van der Waals surface area contributed by atoms with Crippen LogP contribution < -0.4 is 5.32 Å². The summed E-state index contributed by atoms with van der Waals surface area (Å²) in [4.78, 5) is 43.2. The minimum Gasteiger partial charge on any atom is -0.383 e. The van der Waals surface area contributed by atoms with Crippen LogP contribution in [0.3, 0.4) is 0 Å². The third-order valence-corrected chi connectivity index (χ3v) is 7.88. The van der Waals surface area contributed by atoms with Gasteiger partial charge in [-0.15, -0.1) is 0 Å². The molecular weight excluding hydrogens is 474 g/mol. The maximum Gasteiger partial charge on any atom is 0.251 e. The van der Waals surface area contributed by atoms with E-state index in [0.29, 0.717) is 17.9 Å². The molecule has 3 aliphatic rings. The Hall–Kier alpha value is -2.33. The highest BCUT2D eigenvalue weighted by Gasteiger charge is 2.53. The molecule has 4 atom stereocenters. The number of ether oxygens (including phenoxy) is 3. The van der Waals surface area contributed by atoms with Gasteiger partial charge in [0.05, 0.1) is 13.2 Å². The molecule has 1 aromatic rings. The van der Waals surface area contributed by atoms with Crippen LogP contribution in [-0.4, -0.2) is 105 Å². The second-order valence-electron chi connectivity index (χ2n) is 10.8. The van der Waals surface area contributed by atoms with Gasteiger partial charge < -0.3 is 29.3 Å². The van der Waals surface area contributed by atoms with Gasteiger partial charge in [0.2, 0.25) is 5.91 Å². The summed E-state index contributed by atoms with van der Waals surface area (Å²) < 4.78 is 16.3. The molecule has 0 saturated carbocycles. The van der Waals surface area contributed by atoms with Gasteiger partial charge in [-0.05, 0) is 61.9 Å². The van der Waals surface area contributed by atoms with Gasteiger partial charge in [-0.3, -0.25) is 14.4 Å². The van der Waals surface area contributed by atoms with E-state index in [1.54, 1.807) is 19.1 Å². The standard InChI is InChI=1S/C28H41N3O6/c1-18(2)15-22(28(34)31-16-24(36-4)26-25(31)23(32)17-37-26)29-27(33)21-7-5-19(6-8-21)20-9-11-30(12-10-20)13-14-35-3/h5-8,18,20,22,24-26H,9-17H2,1-4H3,(H,29,33)/t22?,24-,25+,26+/m0/s1. The van der Waals surface area contributed by atoms with Gasteiger partial charge in [0.1, 0.15) is 30.9 Å². The molecule has 3 saturated heterocycles. The summed E-state index contributed by atoms with van der Waals surface area (Å²) in [5.74, 6) is 0.000588. The van der Waals surface area contributed by atoms with Crippen LogP contribution in [0.15, 0.2) is 24.3 Å². The zero-order valence-electron chi connectivity index (χ0n) is 22.5. The van der Waals surface area contributed by atoms with Crippen molar-refractivity contribution in [1.29, 1.82) is 0 Å². The molecule has 9 heteroatoms. The molecular formula is C28H41N3O6. The van der Waals surface area contributed by atoms with Crippen LogP contribution >= 0.6 is 0 Å². The van der Waals surface area contributed by atoms with E-state index in [1.807, 2.05) is 38.1 Å². The van der Waals surface area contributed by atoms with E-state index in [4.69, 9.17) is 14.2 Å². The van der Waals surface area contributed by atoms with Crippen molar-refractivity contribution in [3.8, 4) is 0 Å². The fourth-order valence-electron chi connectivity index (χ4n) is 5.80. The summed E-state index contributed by atoms with van der Waals surface area (Å²) in [6.45, 7) is 8.09. The fourth-order valence-corrected chi connectivity index (χ4v) is 5.80. The summed E-state index contributed by atoms with van der Waals surface area (Å²) in [6.07, 6.45) is 1.85. The second kappa shape index (κ2) is 12.5. The number of piperidine rings is 1. The van der Waals surface area contributed by atoms with Gasteiger partial charge in [0.25, 0.3) is 5.91 Å². The first-order valence-electron chi connectivity index (χ1n) is 13.4. The van der Waals surface area contributed by atoms with Crippen LogP contribution in [0.1, 0.15) is 54.9 Å². The molecule has 3 fully saturated rings. The smallest absolute Gasteiger partial charge is 0.251 e. The van der Waals surface area contributed by atoms with Gasteiger partial charge in [-0.1, -0.05) is 26.0 Å². The molecule has 4 rings (SSSR count). The molecule has 1 aromatic carbocycles. The third kappa shape index (κ3) is 6.39. The normalized spacial score (nSPS) is 25.5. The van der Waals surface area contributed by atoms with Crippen LogP contribution in [0.5, 0.6) is 0 Å². The van der Waals surface area contributed by atoms with Crippen molar-refractivity contribution in [2.75, 3.05) is 53.6 Å². The lowest BCUT2D eigenvalue weighted by atomic mass is 9.89. The monoisotopic (exact) mass is 515 g/mol. The van der Waals surface area contributed by atoms with Crippen molar-refractivity contribution < 1.29 is 28.6 Å². The Bertz CT molecular complexity index is 944. The number of nitrogens with zero attached hydrogens (tertiary/aromatic N) is 2. The lowest BCUT2D eigenvalue weighted by molar-refractivity contribution is -0.138. The van der Waals surface area contributed by atoms with Crippen molar-refractivity contribution in [3.63, 3.8) is 0 Å². The van der Waals surface area contributed by atoms with E-state index in [2.05, 4.69) is 10.2 Å². The zero-order chi connectivity index (χ0) is 26.5. The number of benzene rings is 1. The Morgan fingerprint density at radius 2 is 1.84 bits per heavy atom. The SMILES string of the molecule is COCCN1CCC(c2ccc(C(=O)NC(CC(C)C)C(=O)N3C[C@H](OC)[C@H]4OCC(=O)[C@H]43)cc2)CC1. The molecule has 9 nitrogen and oxygen atoms in total. The average Bonchev–Trinajstić information content (AvgIpc) is 3.47. The number of amides is 2. The first kappa shape index (κ1) is 27.7. The van der Waals surface area contributed by atoms with Crippen LogP contribution in [0.2, 0.25) is 0 Å². The van der Waals surface area contributed by atoms with Crippen molar-refractivity contribution in [2.45, 2.75) is 63.3 Å². The second-order valence-corrected chi connectivity index (χ2v) is 10.8. The number of carbonyl (C=O) groups is 3. The highest BCUT2D eigenvalue weighted by atomic mass is 16.5. The van der Waals surface area contributed by atoms with Crippen molar-refractivity contribution in [1.82, 2.24) is 15.1 Å². The van der Waals surface area contributed by atoms with Crippen molar-refractivity contribution in [3.05, 3.63) is 35.4 Å². The summed E-state index contributed by atoms with van der Waals surface area (Å²) >= 11 is 0. The first-order valence-corrected chi connectivity index (χ1v) is 13.4. The molecule has 2 amide bonds. The molecule has 37 heavy (non-hydrogen) atoms.